The van der Waals surface area contributed by atoms with Crippen molar-refractivity contribution >= 4 is 63.7 Å². The molecule has 4 aromatic rings. The van der Waals surface area contributed by atoms with Gasteiger partial charge in [-0.1, -0.05) is 38.1 Å². The molecule has 0 radical (unpaired) electrons. The van der Waals surface area contributed by atoms with Crippen LogP contribution in [-0.4, -0.2) is 32.8 Å². The highest BCUT2D eigenvalue weighted by atomic mass is 79.9. The first-order valence-corrected chi connectivity index (χ1v) is 15.4. The van der Waals surface area contributed by atoms with Gasteiger partial charge >= 0.3 is 12.4 Å². The van der Waals surface area contributed by atoms with Crippen LogP contribution in [-0.2, 0) is 10.8 Å². The summed E-state index contributed by atoms with van der Waals surface area (Å²) in [5.41, 5.74) is -4.69. The molecule has 236 valence electrons. The summed E-state index contributed by atoms with van der Waals surface area (Å²) in [7, 11) is 0. The van der Waals surface area contributed by atoms with E-state index in [1.54, 1.807) is 0 Å². The van der Waals surface area contributed by atoms with Crippen LogP contribution in [0.3, 0.4) is 0 Å². The molecule has 0 saturated carbocycles. The molecule has 4 rings (SSSR count). The minimum atomic E-state index is -5.70. The number of halogens is 10. The largest absolute Gasteiger partial charge is 0.508 e. The van der Waals surface area contributed by atoms with Gasteiger partial charge in [0.05, 0.1) is 17.9 Å². The molecule has 4 N–H and O–H groups in total. The van der Waals surface area contributed by atoms with E-state index in [-0.39, 0.29) is 16.9 Å². The molecule has 0 saturated heterocycles. The van der Waals surface area contributed by atoms with Crippen molar-refractivity contribution in [1.29, 1.82) is 0 Å². The van der Waals surface area contributed by atoms with Crippen molar-refractivity contribution in [3.63, 3.8) is 0 Å². The van der Waals surface area contributed by atoms with Gasteiger partial charge in [0.25, 0.3) is 0 Å². The molecule has 0 aliphatic carbocycles. The van der Waals surface area contributed by atoms with Crippen molar-refractivity contribution in [3.8, 4) is 23.0 Å². The molecule has 4 aromatic carbocycles. The highest BCUT2D eigenvalue weighted by Gasteiger charge is 2.72. The zero-order chi connectivity index (χ0) is 33.4. The third kappa shape index (κ3) is 7.02. The molecule has 0 aliphatic rings. The van der Waals surface area contributed by atoms with Gasteiger partial charge in [0.15, 0.2) is 0 Å². The maximum Gasteiger partial charge on any atom is 0.411 e. The second-order valence-electron chi connectivity index (χ2n) is 10.0. The fraction of sp³-hybridized carbons (Fsp3) is 0.200. The molecule has 0 bridgehead atoms. The Labute approximate surface area is 281 Å². The number of aromatic hydroxyl groups is 4. The van der Waals surface area contributed by atoms with Gasteiger partial charge < -0.3 is 20.4 Å². The average molecular weight is 880 g/mol. The molecule has 14 heteroatoms. The van der Waals surface area contributed by atoms with Crippen molar-refractivity contribution in [2.75, 3.05) is 0 Å². The van der Waals surface area contributed by atoms with E-state index in [9.17, 15) is 36.6 Å². The summed E-state index contributed by atoms with van der Waals surface area (Å²) < 4.78 is 84.1. The monoisotopic (exact) mass is 876 g/mol. The fourth-order valence-electron chi connectivity index (χ4n) is 4.42. The summed E-state index contributed by atoms with van der Waals surface area (Å²) in [4.78, 5) is 0. The summed E-state index contributed by atoms with van der Waals surface area (Å²) >= 11 is 13.5. The minimum absolute atomic E-state index is 0.183. The summed E-state index contributed by atoms with van der Waals surface area (Å²) in [5.74, 6) is -0.555. The Bertz CT molecular complexity index is 1470. The van der Waals surface area contributed by atoms with Gasteiger partial charge in [-0.05, 0) is 135 Å². The summed E-state index contributed by atoms with van der Waals surface area (Å²) in [6, 6.07) is 12.9. The number of phenolic OH excluding ortho intramolecular Hbond substituents is 4. The lowest BCUT2D eigenvalue weighted by atomic mass is 9.73. The second-order valence-corrected chi connectivity index (χ2v) is 13.5. The lowest BCUT2D eigenvalue weighted by Crippen LogP contribution is -2.54. The van der Waals surface area contributed by atoms with Crippen LogP contribution in [0.2, 0.25) is 0 Å². The Kier molecular flexibility index (Phi) is 10.8. The van der Waals surface area contributed by atoms with Crippen LogP contribution in [0.1, 0.15) is 36.1 Å². The molecule has 0 aliphatic heterocycles. The normalized spacial score (nSPS) is 12.5. The molecular formula is C30H22Br4F6O4. The van der Waals surface area contributed by atoms with Crippen LogP contribution in [0.4, 0.5) is 26.3 Å². The standard InChI is InChI=1S/C15H12Br4O2.C15H10F6O2/c1-15(2,7-3-9(16)13(20)10(17)4-7)8-5-11(18)14(21)12(19)6-8;16-14(17,18)13(15(19,20)21,9-1-5-11(22)6-2-9)10-3-7-12(23)8-4-10/h3-6,20-21H,1-2H3;1-8,22-23H. The number of hydrogen-bond acceptors (Lipinski definition) is 4. The smallest absolute Gasteiger partial charge is 0.411 e. The number of hydrogen-bond donors (Lipinski definition) is 4. The molecule has 0 heterocycles. The van der Waals surface area contributed by atoms with Crippen LogP contribution in [0.15, 0.2) is 90.7 Å². The SMILES string of the molecule is CC(C)(c1cc(Br)c(O)c(Br)c1)c1cc(Br)c(O)c(Br)c1.Oc1ccc(C(c2ccc(O)cc2)(C(F)(F)F)C(F)(F)F)cc1. The molecule has 0 fully saturated rings. The predicted molar refractivity (Wildman–Crippen MR) is 168 cm³/mol. The van der Waals surface area contributed by atoms with E-state index in [0.29, 0.717) is 42.2 Å². The van der Waals surface area contributed by atoms with Crippen LogP contribution in [0, 0.1) is 0 Å². The number of rotatable bonds is 4. The Morgan fingerprint density at radius 2 is 0.705 bits per heavy atom. The Balaban J connectivity index is 0.000000241. The Hall–Kier alpha value is -2.42. The molecule has 0 amide bonds. The Morgan fingerprint density at radius 1 is 0.455 bits per heavy atom. The molecular weight excluding hydrogens is 858 g/mol. The van der Waals surface area contributed by atoms with Crippen LogP contribution >= 0.6 is 63.7 Å². The van der Waals surface area contributed by atoms with Crippen molar-refractivity contribution in [2.24, 2.45) is 0 Å². The Morgan fingerprint density at radius 3 is 0.932 bits per heavy atom. The predicted octanol–water partition coefficient (Wildman–Crippen LogP) is 11.0. The van der Waals surface area contributed by atoms with Gasteiger partial charge in [-0.15, -0.1) is 0 Å². The maximum atomic E-state index is 13.6. The zero-order valence-electron chi connectivity index (χ0n) is 22.5. The first kappa shape index (κ1) is 36.1. The first-order valence-electron chi connectivity index (χ1n) is 12.2. The number of alkyl halides is 6. The van der Waals surface area contributed by atoms with Gasteiger partial charge in [0.1, 0.15) is 23.0 Å². The van der Waals surface area contributed by atoms with Crippen molar-refractivity contribution in [1.82, 2.24) is 0 Å². The van der Waals surface area contributed by atoms with Crippen molar-refractivity contribution in [2.45, 2.75) is 37.0 Å². The number of phenols is 4. The molecule has 44 heavy (non-hydrogen) atoms. The maximum absolute atomic E-state index is 13.6. The van der Waals surface area contributed by atoms with E-state index in [1.807, 2.05) is 24.3 Å². The van der Waals surface area contributed by atoms with Gasteiger partial charge in [0.2, 0.25) is 5.41 Å². The third-order valence-electron chi connectivity index (χ3n) is 6.93. The lowest BCUT2D eigenvalue weighted by Gasteiger charge is -2.38. The van der Waals surface area contributed by atoms with Gasteiger partial charge in [-0.25, -0.2) is 0 Å². The van der Waals surface area contributed by atoms with E-state index in [1.165, 1.54) is 0 Å². The lowest BCUT2D eigenvalue weighted by molar-refractivity contribution is -0.288. The molecule has 0 aromatic heterocycles. The first-order chi connectivity index (χ1) is 20.1. The van der Waals surface area contributed by atoms with E-state index in [0.717, 1.165) is 35.4 Å². The van der Waals surface area contributed by atoms with Crippen molar-refractivity contribution < 1.29 is 46.8 Å². The zero-order valence-corrected chi connectivity index (χ0v) is 28.8. The third-order valence-corrected chi connectivity index (χ3v) is 9.35. The van der Waals surface area contributed by atoms with Crippen molar-refractivity contribution in [3.05, 3.63) is 113 Å². The van der Waals surface area contributed by atoms with Crippen LogP contribution in [0.25, 0.3) is 0 Å². The van der Waals surface area contributed by atoms with E-state index in [2.05, 4.69) is 77.6 Å². The highest BCUT2D eigenvalue weighted by Crippen LogP contribution is 2.56. The quantitative estimate of drug-likeness (QED) is 0.154. The minimum Gasteiger partial charge on any atom is -0.508 e. The van der Waals surface area contributed by atoms with E-state index >= 15 is 0 Å². The molecule has 0 spiro atoms. The summed E-state index contributed by atoms with van der Waals surface area (Å²) in [6.45, 7) is 4.17. The average Bonchev–Trinajstić information content (AvgIpc) is 2.91. The molecule has 4 nitrogen and oxygen atoms in total. The van der Waals surface area contributed by atoms with E-state index < -0.39 is 40.4 Å². The highest BCUT2D eigenvalue weighted by molar-refractivity contribution is 9.11. The number of benzene rings is 4. The van der Waals surface area contributed by atoms with Gasteiger partial charge in [0, 0.05) is 5.41 Å². The fourth-order valence-corrected chi connectivity index (χ4v) is 6.80. The second kappa shape index (κ2) is 13.1. The summed E-state index contributed by atoms with van der Waals surface area (Å²) in [6.07, 6.45) is -11.4. The molecule has 0 unspecified atom stereocenters. The summed E-state index contributed by atoms with van der Waals surface area (Å²) in [5, 5.41) is 38.0. The van der Waals surface area contributed by atoms with Gasteiger partial charge in [-0.2, -0.15) is 26.3 Å². The van der Waals surface area contributed by atoms with Gasteiger partial charge in [-0.3, -0.25) is 0 Å². The molecule has 0 atom stereocenters. The van der Waals surface area contributed by atoms with Crippen LogP contribution in [0.5, 0.6) is 23.0 Å². The topological polar surface area (TPSA) is 80.9 Å². The van der Waals surface area contributed by atoms with Crippen LogP contribution < -0.4 is 0 Å². The van der Waals surface area contributed by atoms with E-state index in [4.69, 9.17) is 10.2 Å².